The first kappa shape index (κ1) is 12.6. The summed E-state index contributed by atoms with van der Waals surface area (Å²) in [7, 11) is 0. The predicted octanol–water partition coefficient (Wildman–Crippen LogP) is 5.15. The average molecular weight is 225 g/mol. The van der Waals surface area contributed by atoms with E-state index >= 15 is 0 Å². The fraction of sp³-hybridized carbons (Fsp3) is 0.571. The molecule has 0 radical (unpaired) electrons. The summed E-state index contributed by atoms with van der Waals surface area (Å²) >= 11 is 6.17. The Kier molecular flexibility index (Phi) is 4.21. The summed E-state index contributed by atoms with van der Waals surface area (Å²) in [6.45, 7) is 11.1. The second-order valence-electron chi connectivity index (χ2n) is 4.73. The van der Waals surface area contributed by atoms with Gasteiger partial charge in [0.15, 0.2) is 0 Å². The van der Waals surface area contributed by atoms with Crippen molar-refractivity contribution in [3.63, 3.8) is 0 Å². The maximum absolute atomic E-state index is 6.17. The molecule has 0 aromatic heterocycles. The van der Waals surface area contributed by atoms with Crippen molar-refractivity contribution in [3.05, 3.63) is 33.8 Å². The van der Waals surface area contributed by atoms with Crippen molar-refractivity contribution < 1.29 is 0 Å². The second kappa shape index (κ2) is 5.03. The van der Waals surface area contributed by atoms with Crippen LogP contribution in [0.5, 0.6) is 0 Å². The van der Waals surface area contributed by atoms with Crippen LogP contribution < -0.4 is 0 Å². The summed E-state index contributed by atoms with van der Waals surface area (Å²) in [6.07, 6.45) is 1.10. The third-order valence-electron chi connectivity index (χ3n) is 2.88. The van der Waals surface area contributed by atoms with Gasteiger partial charge in [-0.2, -0.15) is 0 Å². The fourth-order valence-corrected chi connectivity index (χ4v) is 2.35. The Morgan fingerprint density at radius 1 is 1.00 bits per heavy atom. The lowest BCUT2D eigenvalue weighted by Crippen LogP contribution is -2.02. The molecule has 1 rings (SSSR count). The SMILES string of the molecule is CCc1c(C(C)C)cc(Cl)cc1C(C)C. The summed E-state index contributed by atoms with van der Waals surface area (Å²) in [6, 6.07) is 4.24. The quantitative estimate of drug-likeness (QED) is 0.666. The molecule has 0 nitrogen and oxygen atoms in total. The van der Waals surface area contributed by atoms with Crippen LogP contribution in [0.2, 0.25) is 5.02 Å². The largest absolute Gasteiger partial charge is 0.0843 e. The lowest BCUT2D eigenvalue weighted by atomic mass is 9.87. The highest BCUT2D eigenvalue weighted by Gasteiger charge is 2.13. The highest BCUT2D eigenvalue weighted by molar-refractivity contribution is 6.30. The van der Waals surface area contributed by atoms with Crippen LogP contribution in [0.1, 0.15) is 63.1 Å². The molecule has 0 aliphatic carbocycles. The van der Waals surface area contributed by atoms with Crippen molar-refractivity contribution in [3.8, 4) is 0 Å². The van der Waals surface area contributed by atoms with Crippen LogP contribution in [-0.2, 0) is 6.42 Å². The van der Waals surface area contributed by atoms with E-state index in [0.717, 1.165) is 11.4 Å². The van der Waals surface area contributed by atoms with Crippen LogP contribution in [0, 0.1) is 0 Å². The summed E-state index contributed by atoms with van der Waals surface area (Å²) < 4.78 is 0. The first-order chi connectivity index (χ1) is 6.97. The van der Waals surface area contributed by atoms with E-state index in [1.165, 1.54) is 16.7 Å². The Hall–Kier alpha value is -0.490. The first-order valence-electron chi connectivity index (χ1n) is 5.79. The lowest BCUT2D eigenvalue weighted by molar-refractivity contribution is 0.800. The van der Waals surface area contributed by atoms with Crippen LogP contribution in [0.15, 0.2) is 12.1 Å². The topological polar surface area (TPSA) is 0 Å². The highest BCUT2D eigenvalue weighted by Crippen LogP contribution is 2.31. The third-order valence-corrected chi connectivity index (χ3v) is 3.10. The molecule has 0 spiro atoms. The minimum atomic E-state index is 0.552. The zero-order chi connectivity index (χ0) is 11.6. The molecular formula is C14H21Cl. The molecule has 1 aromatic rings. The van der Waals surface area contributed by atoms with Crippen molar-refractivity contribution in [2.45, 2.75) is 52.9 Å². The molecule has 15 heavy (non-hydrogen) atoms. The van der Waals surface area contributed by atoms with Gasteiger partial charge in [0.25, 0.3) is 0 Å². The van der Waals surface area contributed by atoms with Crippen molar-refractivity contribution in [2.24, 2.45) is 0 Å². The van der Waals surface area contributed by atoms with Crippen LogP contribution in [0.4, 0.5) is 0 Å². The molecule has 0 saturated carbocycles. The molecule has 84 valence electrons. The van der Waals surface area contributed by atoms with E-state index in [4.69, 9.17) is 11.6 Å². The molecule has 1 aromatic carbocycles. The normalized spacial score (nSPS) is 11.5. The van der Waals surface area contributed by atoms with Crippen LogP contribution in [0.3, 0.4) is 0 Å². The summed E-state index contributed by atoms with van der Waals surface area (Å²) in [4.78, 5) is 0. The Balaban J connectivity index is 3.38. The Labute approximate surface area is 98.7 Å². The van der Waals surface area contributed by atoms with Gasteiger partial charge in [0.05, 0.1) is 0 Å². The standard InChI is InChI=1S/C14H21Cl/c1-6-12-13(9(2)3)7-11(15)8-14(12)10(4)5/h7-10H,6H2,1-5H3. The molecule has 0 aliphatic heterocycles. The van der Waals surface area contributed by atoms with Gasteiger partial charge in [0, 0.05) is 5.02 Å². The predicted molar refractivity (Wildman–Crippen MR) is 69.0 cm³/mol. The lowest BCUT2D eigenvalue weighted by Gasteiger charge is -2.19. The molecule has 0 saturated heterocycles. The van der Waals surface area contributed by atoms with Gasteiger partial charge in [0.1, 0.15) is 0 Å². The van der Waals surface area contributed by atoms with Crippen molar-refractivity contribution in [1.82, 2.24) is 0 Å². The molecule has 0 bridgehead atoms. The van der Waals surface area contributed by atoms with E-state index in [1.807, 2.05) is 0 Å². The van der Waals surface area contributed by atoms with Crippen LogP contribution in [0.25, 0.3) is 0 Å². The van der Waals surface area contributed by atoms with Gasteiger partial charge in [-0.15, -0.1) is 0 Å². The average Bonchev–Trinajstić information content (AvgIpc) is 2.16. The first-order valence-corrected chi connectivity index (χ1v) is 6.17. The maximum atomic E-state index is 6.17. The second-order valence-corrected chi connectivity index (χ2v) is 5.16. The Morgan fingerprint density at radius 3 is 1.67 bits per heavy atom. The molecule has 0 aliphatic rings. The van der Waals surface area contributed by atoms with Crippen LogP contribution in [-0.4, -0.2) is 0 Å². The molecule has 1 heteroatoms. The number of hydrogen-bond acceptors (Lipinski definition) is 0. The van der Waals surface area contributed by atoms with E-state index < -0.39 is 0 Å². The van der Waals surface area contributed by atoms with Crippen molar-refractivity contribution >= 4 is 11.6 Å². The Morgan fingerprint density at radius 2 is 1.40 bits per heavy atom. The van der Waals surface area contributed by atoms with Crippen LogP contribution >= 0.6 is 11.6 Å². The molecule has 0 N–H and O–H groups in total. The third kappa shape index (κ3) is 2.75. The smallest absolute Gasteiger partial charge is 0.0411 e. The van der Waals surface area contributed by atoms with Gasteiger partial charge < -0.3 is 0 Å². The van der Waals surface area contributed by atoms with Gasteiger partial charge in [-0.3, -0.25) is 0 Å². The number of hydrogen-bond donors (Lipinski definition) is 0. The summed E-state index contributed by atoms with van der Waals surface area (Å²) in [5.74, 6) is 1.10. The van der Waals surface area contributed by atoms with Crippen molar-refractivity contribution in [1.29, 1.82) is 0 Å². The van der Waals surface area contributed by atoms with Gasteiger partial charge in [-0.1, -0.05) is 46.2 Å². The summed E-state index contributed by atoms with van der Waals surface area (Å²) in [5, 5.41) is 0.875. The zero-order valence-electron chi connectivity index (χ0n) is 10.4. The van der Waals surface area contributed by atoms with E-state index in [9.17, 15) is 0 Å². The van der Waals surface area contributed by atoms with Crippen molar-refractivity contribution in [2.75, 3.05) is 0 Å². The minimum absolute atomic E-state index is 0.552. The maximum Gasteiger partial charge on any atom is 0.0411 e. The molecule has 0 atom stereocenters. The number of rotatable bonds is 3. The van der Waals surface area contributed by atoms with Gasteiger partial charge in [-0.25, -0.2) is 0 Å². The molecule has 0 fully saturated rings. The highest BCUT2D eigenvalue weighted by atomic mass is 35.5. The monoisotopic (exact) mass is 224 g/mol. The molecular weight excluding hydrogens is 204 g/mol. The van der Waals surface area contributed by atoms with E-state index in [1.54, 1.807) is 0 Å². The number of halogens is 1. The van der Waals surface area contributed by atoms with Gasteiger partial charge in [0.2, 0.25) is 0 Å². The molecule has 0 heterocycles. The van der Waals surface area contributed by atoms with E-state index in [-0.39, 0.29) is 0 Å². The zero-order valence-corrected chi connectivity index (χ0v) is 11.2. The Bertz CT molecular complexity index is 308. The molecule has 0 amide bonds. The minimum Gasteiger partial charge on any atom is -0.0843 e. The number of benzene rings is 1. The molecule has 0 unspecified atom stereocenters. The van der Waals surface area contributed by atoms with Gasteiger partial charge >= 0.3 is 0 Å². The summed E-state index contributed by atoms with van der Waals surface area (Å²) in [5.41, 5.74) is 4.31. The van der Waals surface area contributed by atoms with E-state index in [2.05, 4.69) is 46.8 Å². The van der Waals surface area contributed by atoms with E-state index in [0.29, 0.717) is 11.8 Å². The van der Waals surface area contributed by atoms with Gasteiger partial charge in [-0.05, 0) is 47.1 Å². The fourth-order valence-electron chi connectivity index (χ4n) is 2.12.